The van der Waals surface area contributed by atoms with Crippen LogP contribution in [0.15, 0.2) is 88.6 Å². The van der Waals surface area contributed by atoms with Gasteiger partial charge in [-0.25, -0.2) is 4.79 Å². The first-order valence-electron chi connectivity index (χ1n) is 15.9. The fourth-order valence-electron chi connectivity index (χ4n) is 5.50. The van der Waals surface area contributed by atoms with E-state index in [9.17, 15) is 14.7 Å². The van der Waals surface area contributed by atoms with Crippen molar-refractivity contribution in [2.45, 2.75) is 51.9 Å². The third kappa shape index (κ3) is 8.97. The van der Waals surface area contributed by atoms with E-state index in [-0.39, 0.29) is 18.6 Å². The highest BCUT2D eigenvalue weighted by molar-refractivity contribution is 7.99. The minimum atomic E-state index is -1.07. The van der Waals surface area contributed by atoms with Crippen molar-refractivity contribution >= 4 is 11.8 Å². The second kappa shape index (κ2) is 16.0. The Kier molecular flexibility index (Phi) is 11.8. The molecule has 0 aliphatic carbocycles. The van der Waals surface area contributed by atoms with Crippen molar-refractivity contribution < 1.29 is 28.8 Å². The molecule has 0 unspecified atom stereocenters. The number of aliphatic hydroxyl groups is 1. The van der Waals surface area contributed by atoms with Crippen LogP contribution < -0.4 is 20.7 Å². The summed E-state index contributed by atoms with van der Waals surface area (Å²) in [7, 11) is 3.28. The lowest BCUT2D eigenvalue weighted by atomic mass is 9.94. The molecule has 0 saturated carbocycles. The highest BCUT2D eigenvalue weighted by atomic mass is 32.2. The zero-order valence-electron chi connectivity index (χ0n) is 28.0. The Balaban J connectivity index is 1.32. The summed E-state index contributed by atoms with van der Waals surface area (Å²) in [6.07, 6.45) is -2.26. The van der Waals surface area contributed by atoms with Gasteiger partial charge in [0.25, 0.3) is 5.56 Å². The summed E-state index contributed by atoms with van der Waals surface area (Å²) in [5.74, 6) is 3.22. The quantitative estimate of drug-likeness (QED) is 0.166. The Morgan fingerprint density at radius 2 is 1.54 bits per heavy atom. The average Bonchev–Trinajstić information content (AvgIpc) is 3.38. The predicted octanol–water partition coefficient (Wildman–Crippen LogP) is 5.53. The van der Waals surface area contributed by atoms with Gasteiger partial charge in [0, 0.05) is 18.0 Å². The van der Waals surface area contributed by atoms with Crippen molar-refractivity contribution in [2.75, 3.05) is 38.9 Å². The van der Waals surface area contributed by atoms with E-state index < -0.39 is 35.8 Å². The van der Waals surface area contributed by atoms with Crippen LogP contribution in [0.2, 0.25) is 0 Å². The van der Waals surface area contributed by atoms with Crippen molar-refractivity contribution in [1.29, 1.82) is 0 Å². The van der Waals surface area contributed by atoms with Gasteiger partial charge in [-0.3, -0.25) is 14.3 Å². The number of benzene rings is 3. The molecule has 1 saturated heterocycles. The Labute approximate surface area is 285 Å². The van der Waals surface area contributed by atoms with Gasteiger partial charge in [-0.15, -0.1) is 0 Å². The summed E-state index contributed by atoms with van der Waals surface area (Å²) in [4.78, 5) is 26.7. The van der Waals surface area contributed by atoms with E-state index in [1.165, 1.54) is 16.8 Å². The Bertz CT molecular complexity index is 1750. The smallest absolute Gasteiger partial charge is 0.330 e. The van der Waals surface area contributed by atoms with E-state index >= 15 is 0 Å². The van der Waals surface area contributed by atoms with E-state index in [4.69, 9.17) is 23.7 Å². The van der Waals surface area contributed by atoms with Crippen molar-refractivity contribution in [2.24, 2.45) is 5.41 Å². The van der Waals surface area contributed by atoms with Gasteiger partial charge in [0.1, 0.15) is 29.8 Å². The second-order valence-electron chi connectivity index (χ2n) is 12.9. The first-order valence-corrected chi connectivity index (χ1v) is 17.1. The van der Waals surface area contributed by atoms with Crippen LogP contribution in [0.5, 0.6) is 11.5 Å². The van der Waals surface area contributed by atoms with E-state index in [2.05, 4.69) is 37.9 Å². The summed E-state index contributed by atoms with van der Waals surface area (Å²) in [5.41, 5.74) is 4.04. The number of thioether (sulfide) groups is 1. The minimum absolute atomic E-state index is 0.0523. The van der Waals surface area contributed by atoms with Gasteiger partial charge < -0.3 is 28.8 Å². The van der Waals surface area contributed by atoms with Gasteiger partial charge >= 0.3 is 5.69 Å². The summed E-state index contributed by atoms with van der Waals surface area (Å²) >= 11 is 1.76. The molecule has 2 N–H and O–H groups in total. The number of rotatable bonds is 14. The van der Waals surface area contributed by atoms with E-state index in [1.54, 1.807) is 26.0 Å². The number of aromatic amines is 1. The molecule has 0 amide bonds. The summed E-state index contributed by atoms with van der Waals surface area (Å²) in [5, 5.41) is 11.3. The van der Waals surface area contributed by atoms with Crippen LogP contribution in [0.3, 0.4) is 0 Å². The fourth-order valence-corrected chi connectivity index (χ4v) is 6.47. The van der Waals surface area contributed by atoms with Gasteiger partial charge in [0.15, 0.2) is 6.23 Å². The largest absolute Gasteiger partial charge is 0.497 e. The lowest BCUT2D eigenvalue weighted by molar-refractivity contribution is -0.0788. The number of nitrogens with zero attached hydrogens (tertiary/aromatic N) is 1. The molecule has 1 aliphatic rings. The van der Waals surface area contributed by atoms with Crippen LogP contribution in [-0.2, 0) is 20.8 Å². The number of hydrogen-bond donors (Lipinski definition) is 2. The van der Waals surface area contributed by atoms with Crippen molar-refractivity contribution in [3.8, 4) is 33.8 Å². The Morgan fingerprint density at radius 1 is 0.896 bits per heavy atom. The second-order valence-corrected chi connectivity index (χ2v) is 14.0. The molecular formula is C37H44N2O8S. The highest BCUT2D eigenvalue weighted by Crippen LogP contribution is 2.34. The SMILES string of the molecule is COc1ccc(-c2ccc(COC[C@H]3O[C@@H](n4ccc(=O)[nH]c4=O)[C@H](OCCSCC(C)(C)C)[C@@H]3O)c(-c3ccc(OC)cc3)c2)cc1. The molecule has 4 aromatic rings. The number of H-pyrrole nitrogens is 1. The maximum atomic E-state index is 12.7. The molecule has 10 nitrogen and oxygen atoms in total. The van der Waals surface area contributed by atoms with Crippen LogP contribution in [0.1, 0.15) is 32.6 Å². The number of nitrogens with one attached hydrogen (secondary N) is 1. The molecule has 4 atom stereocenters. The predicted molar refractivity (Wildman–Crippen MR) is 188 cm³/mol. The average molecular weight is 677 g/mol. The molecule has 48 heavy (non-hydrogen) atoms. The molecule has 256 valence electrons. The highest BCUT2D eigenvalue weighted by Gasteiger charge is 2.46. The normalized spacial score (nSPS) is 19.4. The molecule has 2 heterocycles. The zero-order chi connectivity index (χ0) is 34.3. The van der Waals surface area contributed by atoms with Crippen LogP contribution >= 0.6 is 11.8 Å². The van der Waals surface area contributed by atoms with E-state index in [1.807, 2.05) is 54.6 Å². The first-order chi connectivity index (χ1) is 23.1. The summed E-state index contributed by atoms with van der Waals surface area (Å²) in [6.45, 7) is 7.18. The van der Waals surface area contributed by atoms with Gasteiger partial charge in [-0.05, 0) is 69.3 Å². The molecule has 0 radical (unpaired) electrons. The minimum Gasteiger partial charge on any atom is -0.497 e. The van der Waals surface area contributed by atoms with E-state index in [0.29, 0.717) is 6.61 Å². The molecular weight excluding hydrogens is 632 g/mol. The monoisotopic (exact) mass is 676 g/mol. The lowest BCUT2D eigenvalue weighted by Crippen LogP contribution is -2.39. The molecule has 5 rings (SSSR count). The summed E-state index contributed by atoms with van der Waals surface area (Å²) < 4.78 is 30.4. The van der Waals surface area contributed by atoms with Gasteiger partial charge in [0.2, 0.25) is 0 Å². The maximum Gasteiger partial charge on any atom is 0.330 e. The molecule has 1 aliphatic heterocycles. The van der Waals surface area contributed by atoms with Crippen LogP contribution in [0.4, 0.5) is 0 Å². The number of hydrogen-bond acceptors (Lipinski definition) is 9. The molecule has 1 aromatic heterocycles. The van der Waals surface area contributed by atoms with E-state index in [0.717, 1.165) is 50.8 Å². The molecule has 11 heteroatoms. The van der Waals surface area contributed by atoms with Crippen LogP contribution in [0, 0.1) is 5.41 Å². The first kappa shape index (κ1) is 35.4. The Hall–Kier alpha value is -3.87. The maximum absolute atomic E-state index is 12.7. The number of methoxy groups -OCH3 is 2. The molecule has 1 fully saturated rings. The fraction of sp³-hybridized carbons (Fsp3) is 0.405. The third-order valence-corrected chi connectivity index (χ3v) is 9.51. The van der Waals surface area contributed by atoms with Crippen LogP contribution in [0.25, 0.3) is 22.3 Å². The lowest BCUT2D eigenvalue weighted by Gasteiger charge is -2.23. The van der Waals surface area contributed by atoms with Crippen molar-refractivity contribution in [1.82, 2.24) is 9.55 Å². The van der Waals surface area contributed by atoms with Crippen molar-refractivity contribution in [3.63, 3.8) is 0 Å². The third-order valence-electron chi connectivity index (χ3n) is 7.99. The molecule has 0 spiro atoms. The standard InChI is InChI=1S/C37H44N2O8S/c1-37(2,3)23-48-19-18-46-34-33(41)31(47-35(34)39-17-16-32(40)38-36(39)42)22-45-21-27-7-6-26(24-8-12-28(43-4)13-9-24)20-30(27)25-10-14-29(44-5)15-11-25/h6-17,20,31,33-35,41H,18-19,21-23H2,1-5H3,(H,38,40,42)/t31-,33-,34-,35-/m1/s1. The zero-order valence-corrected chi connectivity index (χ0v) is 28.8. The molecule has 0 bridgehead atoms. The molecule has 3 aromatic carbocycles. The van der Waals surface area contributed by atoms with Crippen molar-refractivity contribution in [3.05, 3.63) is 105 Å². The van der Waals surface area contributed by atoms with Gasteiger partial charge in [0.05, 0.1) is 34.0 Å². The number of aliphatic hydroxyl groups excluding tert-OH is 1. The summed E-state index contributed by atoms with van der Waals surface area (Å²) in [6, 6.07) is 23.2. The Morgan fingerprint density at radius 3 is 2.17 bits per heavy atom. The number of ether oxygens (including phenoxy) is 5. The van der Waals surface area contributed by atoms with Crippen LogP contribution in [-0.4, -0.2) is 71.9 Å². The number of aromatic nitrogens is 2. The topological polar surface area (TPSA) is 121 Å². The van der Waals surface area contributed by atoms with Gasteiger partial charge in [-0.1, -0.05) is 57.2 Å². The van der Waals surface area contributed by atoms with Gasteiger partial charge in [-0.2, -0.15) is 11.8 Å².